The second-order valence-corrected chi connectivity index (χ2v) is 5.96. The van der Waals surface area contributed by atoms with E-state index in [1.165, 1.54) is 6.07 Å². The first-order valence-electron chi connectivity index (χ1n) is 6.64. The van der Waals surface area contributed by atoms with Crippen LogP contribution in [0.25, 0.3) is 0 Å². The lowest BCUT2D eigenvalue weighted by molar-refractivity contribution is 0.159. The highest BCUT2D eigenvalue weighted by Crippen LogP contribution is 2.33. The normalized spacial score (nSPS) is 17.8. The maximum absolute atomic E-state index is 13.4. The zero-order valence-corrected chi connectivity index (χ0v) is 11.4. The van der Waals surface area contributed by atoms with Crippen molar-refractivity contribution in [2.24, 2.45) is 0 Å². The van der Waals surface area contributed by atoms with E-state index in [0.717, 1.165) is 37.2 Å². The van der Waals surface area contributed by atoms with Gasteiger partial charge in [-0.2, -0.15) is 0 Å². The van der Waals surface area contributed by atoms with Crippen molar-refractivity contribution in [2.75, 3.05) is 13.1 Å². The fourth-order valence-electron chi connectivity index (χ4n) is 2.28. The van der Waals surface area contributed by atoms with E-state index in [4.69, 9.17) is 4.74 Å². The quantitative estimate of drug-likeness (QED) is 0.871. The highest BCUT2D eigenvalue weighted by molar-refractivity contribution is 5.39. The lowest BCUT2D eigenvalue weighted by Crippen LogP contribution is -2.34. The van der Waals surface area contributed by atoms with Crippen LogP contribution in [-0.2, 0) is 5.41 Å². The number of benzene rings is 1. The van der Waals surface area contributed by atoms with Gasteiger partial charge in [0.05, 0.1) is 0 Å². The van der Waals surface area contributed by atoms with Gasteiger partial charge in [-0.05, 0) is 49.5 Å². The Labute approximate surface area is 109 Å². The van der Waals surface area contributed by atoms with Gasteiger partial charge >= 0.3 is 0 Å². The Hall–Kier alpha value is -1.09. The molecule has 0 bridgehead atoms. The van der Waals surface area contributed by atoms with Crippen LogP contribution in [0.1, 0.15) is 39.2 Å². The van der Waals surface area contributed by atoms with Crippen LogP contribution in [0.15, 0.2) is 18.2 Å². The van der Waals surface area contributed by atoms with Crippen molar-refractivity contribution < 1.29 is 9.13 Å². The monoisotopic (exact) mass is 251 g/mol. The molecule has 0 saturated carbocycles. The molecule has 2 nitrogen and oxygen atoms in total. The molecule has 1 aromatic rings. The minimum Gasteiger partial charge on any atom is -0.490 e. The second-order valence-electron chi connectivity index (χ2n) is 5.96. The van der Waals surface area contributed by atoms with Crippen LogP contribution >= 0.6 is 0 Å². The predicted molar refractivity (Wildman–Crippen MR) is 71.6 cm³/mol. The Bertz CT molecular complexity index is 405. The lowest BCUT2D eigenvalue weighted by atomic mass is 9.86. The standard InChI is InChI=1S/C15H22FNO/c1-15(2,3)13-10-11(16)4-5-14(13)18-12-6-8-17-9-7-12/h4-5,10,12,17H,6-9H2,1-3H3. The number of ether oxygens (including phenoxy) is 1. The van der Waals surface area contributed by atoms with Gasteiger partial charge in [-0.15, -0.1) is 0 Å². The van der Waals surface area contributed by atoms with Gasteiger partial charge in [-0.1, -0.05) is 20.8 Å². The van der Waals surface area contributed by atoms with Crippen LogP contribution in [0.2, 0.25) is 0 Å². The number of halogens is 1. The molecule has 0 radical (unpaired) electrons. The van der Waals surface area contributed by atoms with Crippen molar-refractivity contribution in [3.8, 4) is 5.75 Å². The van der Waals surface area contributed by atoms with Crippen LogP contribution < -0.4 is 10.1 Å². The molecule has 1 saturated heterocycles. The summed E-state index contributed by atoms with van der Waals surface area (Å²) in [6.45, 7) is 8.23. The van der Waals surface area contributed by atoms with Gasteiger partial charge in [0.25, 0.3) is 0 Å². The Morgan fingerprint density at radius 1 is 1.22 bits per heavy atom. The fourth-order valence-corrected chi connectivity index (χ4v) is 2.28. The van der Waals surface area contributed by atoms with Crippen molar-refractivity contribution in [2.45, 2.75) is 45.1 Å². The summed E-state index contributed by atoms with van der Waals surface area (Å²) in [7, 11) is 0. The molecule has 1 aliphatic heterocycles. The average Bonchev–Trinajstić information content (AvgIpc) is 2.31. The number of piperidine rings is 1. The Balaban J connectivity index is 2.21. The van der Waals surface area contributed by atoms with Crippen molar-refractivity contribution in [3.05, 3.63) is 29.6 Å². The smallest absolute Gasteiger partial charge is 0.123 e. The topological polar surface area (TPSA) is 21.3 Å². The number of hydrogen-bond acceptors (Lipinski definition) is 2. The Kier molecular flexibility index (Phi) is 3.91. The molecule has 0 spiro atoms. The van der Waals surface area contributed by atoms with Crippen molar-refractivity contribution in [3.63, 3.8) is 0 Å². The molecule has 2 rings (SSSR count). The Morgan fingerprint density at radius 3 is 2.50 bits per heavy atom. The van der Waals surface area contributed by atoms with Gasteiger partial charge in [0, 0.05) is 5.56 Å². The molecule has 18 heavy (non-hydrogen) atoms. The molecule has 1 N–H and O–H groups in total. The van der Waals surface area contributed by atoms with Gasteiger partial charge in [0.15, 0.2) is 0 Å². The van der Waals surface area contributed by atoms with Crippen molar-refractivity contribution in [1.29, 1.82) is 0 Å². The highest BCUT2D eigenvalue weighted by atomic mass is 19.1. The zero-order chi connectivity index (χ0) is 13.2. The fraction of sp³-hybridized carbons (Fsp3) is 0.600. The molecule has 1 aliphatic rings. The average molecular weight is 251 g/mol. The molecular weight excluding hydrogens is 229 g/mol. The highest BCUT2D eigenvalue weighted by Gasteiger charge is 2.22. The third-order valence-corrected chi connectivity index (χ3v) is 3.33. The third kappa shape index (κ3) is 3.22. The summed E-state index contributed by atoms with van der Waals surface area (Å²) in [6.07, 6.45) is 2.28. The number of hydrogen-bond donors (Lipinski definition) is 1. The van der Waals surface area contributed by atoms with Gasteiger partial charge in [0.2, 0.25) is 0 Å². The van der Waals surface area contributed by atoms with E-state index in [1.54, 1.807) is 12.1 Å². The number of nitrogens with one attached hydrogen (secondary N) is 1. The Morgan fingerprint density at radius 2 is 1.89 bits per heavy atom. The van der Waals surface area contributed by atoms with Crippen LogP contribution in [0.3, 0.4) is 0 Å². The minimum absolute atomic E-state index is 0.107. The van der Waals surface area contributed by atoms with Crippen molar-refractivity contribution >= 4 is 0 Å². The summed E-state index contributed by atoms with van der Waals surface area (Å²) < 4.78 is 19.5. The molecule has 0 aliphatic carbocycles. The lowest BCUT2D eigenvalue weighted by Gasteiger charge is -2.28. The predicted octanol–water partition coefficient (Wildman–Crippen LogP) is 3.25. The summed E-state index contributed by atoms with van der Waals surface area (Å²) in [4.78, 5) is 0. The number of rotatable bonds is 2. The molecule has 0 atom stereocenters. The summed E-state index contributed by atoms with van der Waals surface area (Å²) in [5.41, 5.74) is 0.839. The van der Waals surface area contributed by atoms with Crippen LogP contribution in [0.4, 0.5) is 4.39 Å². The summed E-state index contributed by atoms with van der Waals surface area (Å²) in [5.74, 6) is 0.633. The van der Waals surface area contributed by atoms with Gasteiger partial charge in [0.1, 0.15) is 17.7 Å². The van der Waals surface area contributed by atoms with Gasteiger partial charge in [-0.3, -0.25) is 0 Å². The molecule has 1 heterocycles. The van der Waals surface area contributed by atoms with Gasteiger partial charge < -0.3 is 10.1 Å². The molecule has 100 valence electrons. The SMILES string of the molecule is CC(C)(C)c1cc(F)ccc1OC1CCNCC1. The molecule has 3 heteroatoms. The van der Waals surface area contributed by atoms with E-state index in [-0.39, 0.29) is 17.3 Å². The third-order valence-electron chi connectivity index (χ3n) is 3.33. The van der Waals surface area contributed by atoms with E-state index in [9.17, 15) is 4.39 Å². The minimum atomic E-state index is -0.197. The van der Waals surface area contributed by atoms with Crippen LogP contribution in [-0.4, -0.2) is 19.2 Å². The molecule has 0 aromatic heterocycles. The van der Waals surface area contributed by atoms with E-state index in [2.05, 4.69) is 26.1 Å². The van der Waals surface area contributed by atoms with Crippen molar-refractivity contribution in [1.82, 2.24) is 5.32 Å². The summed E-state index contributed by atoms with van der Waals surface area (Å²) in [6, 6.07) is 4.83. The van der Waals surface area contributed by atoms with Crippen LogP contribution in [0.5, 0.6) is 5.75 Å². The first kappa shape index (κ1) is 13.3. The molecule has 0 unspecified atom stereocenters. The van der Waals surface area contributed by atoms with E-state index < -0.39 is 0 Å². The molecule has 0 amide bonds. The van der Waals surface area contributed by atoms with Crippen LogP contribution in [0, 0.1) is 5.82 Å². The second kappa shape index (κ2) is 5.27. The molecule has 1 fully saturated rings. The maximum atomic E-state index is 13.4. The van der Waals surface area contributed by atoms with Gasteiger partial charge in [-0.25, -0.2) is 4.39 Å². The zero-order valence-electron chi connectivity index (χ0n) is 11.4. The summed E-state index contributed by atoms with van der Waals surface area (Å²) in [5, 5.41) is 3.31. The maximum Gasteiger partial charge on any atom is 0.123 e. The largest absolute Gasteiger partial charge is 0.490 e. The first-order valence-corrected chi connectivity index (χ1v) is 6.64. The summed E-state index contributed by atoms with van der Waals surface area (Å²) >= 11 is 0. The molecular formula is C15H22FNO. The van der Waals surface area contributed by atoms with E-state index in [1.807, 2.05) is 0 Å². The molecule has 1 aromatic carbocycles. The first-order chi connectivity index (χ1) is 8.47. The van der Waals surface area contributed by atoms with E-state index in [0.29, 0.717) is 0 Å². The van der Waals surface area contributed by atoms with E-state index >= 15 is 0 Å².